The molecule has 13 heavy (non-hydrogen) atoms. The zero-order chi connectivity index (χ0) is 9.10. The maximum absolute atomic E-state index is 8.85. The van der Waals surface area contributed by atoms with Crippen molar-refractivity contribution < 1.29 is 14.6 Å². The van der Waals surface area contributed by atoms with E-state index >= 15 is 0 Å². The highest BCUT2D eigenvalue weighted by Gasteiger charge is 2.19. The topological polar surface area (TPSA) is 51.6 Å². The van der Waals surface area contributed by atoms with Crippen LogP contribution in [-0.2, 0) is 16.1 Å². The fourth-order valence-corrected chi connectivity index (χ4v) is 1.99. The molecule has 0 bridgehead atoms. The lowest BCUT2D eigenvalue weighted by molar-refractivity contribution is -0.0901. The third kappa shape index (κ3) is 2.05. The lowest BCUT2D eigenvalue weighted by Gasteiger charge is -2.20. The Labute approximate surface area is 80.1 Å². The Hall–Kier alpha value is -0.490. The van der Waals surface area contributed by atoms with Gasteiger partial charge in [0.25, 0.3) is 0 Å². The number of thiazole rings is 1. The van der Waals surface area contributed by atoms with Gasteiger partial charge in [0, 0.05) is 6.20 Å². The summed E-state index contributed by atoms with van der Waals surface area (Å²) in [6.07, 6.45) is 1.64. The minimum Gasteiger partial charge on any atom is -0.391 e. The van der Waals surface area contributed by atoms with Gasteiger partial charge < -0.3 is 14.6 Å². The van der Waals surface area contributed by atoms with Gasteiger partial charge in [-0.05, 0) is 0 Å². The van der Waals surface area contributed by atoms with Crippen molar-refractivity contribution in [3.05, 3.63) is 16.1 Å². The van der Waals surface area contributed by atoms with Crippen LogP contribution < -0.4 is 0 Å². The minimum absolute atomic E-state index is 0.0425. The van der Waals surface area contributed by atoms with Crippen molar-refractivity contribution in [3.8, 4) is 0 Å². The zero-order valence-corrected chi connectivity index (χ0v) is 7.92. The third-order valence-electron chi connectivity index (χ3n) is 1.82. The van der Waals surface area contributed by atoms with Gasteiger partial charge in [0.05, 0.1) is 31.3 Å². The summed E-state index contributed by atoms with van der Waals surface area (Å²) in [6.45, 7) is 1.90. The average Bonchev–Trinajstić information content (AvgIpc) is 2.67. The molecule has 0 saturated carbocycles. The van der Waals surface area contributed by atoms with E-state index in [-0.39, 0.29) is 12.7 Å². The lowest BCUT2D eigenvalue weighted by atomic mass is 10.4. The molecule has 72 valence electrons. The molecule has 1 aliphatic rings. The number of rotatable bonds is 2. The molecule has 1 aromatic heterocycles. The summed E-state index contributed by atoms with van der Waals surface area (Å²) in [5.41, 5.74) is 0. The van der Waals surface area contributed by atoms with Gasteiger partial charge in [-0.25, -0.2) is 4.98 Å². The van der Waals surface area contributed by atoms with Crippen molar-refractivity contribution in [2.24, 2.45) is 0 Å². The summed E-state index contributed by atoms with van der Waals surface area (Å²) >= 11 is 1.47. The average molecular weight is 201 g/mol. The largest absolute Gasteiger partial charge is 0.391 e. The standard InChI is InChI=1S/C8H11NO3S/c10-4-6-3-9-8(13-6)7-5-11-1-2-12-7/h3,7,10H,1-2,4-5H2. The van der Waals surface area contributed by atoms with E-state index < -0.39 is 0 Å². The Morgan fingerprint density at radius 2 is 2.54 bits per heavy atom. The quantitative estimate of drug-likeness (QED) is 0.766. The van der Waals surface area contributed by atoms with Crippen LogP contribution in [0.4, 0.5) is 0 Å². The van der Waals surface area contributed by atoms with Gasteiger partial charge in [0.2, 0.25) is 0 Å². The second kappa shape index (κ2) is 4.15. The van der Waals surface area contributed by atoms with Crippen LogP contribution in [0.3, 0.4) is 0 Å². The summed E-state index contributed by atoms with van der Waals surface area (Å²) in [5.74, 6) is 0. The van der Waals surface area contributed by atoms with E-state index in [2.05, 4.69) is 4.98 Å². The number of nitrogens with zero attached hydrogens (tertiary/aromatic N) is 1. The molecule has 0 spiro atoms. The number of aliphatic hydroxyl groups excluding tert-OH is 1. The fourth-order valence-electron chi connectivity index (χ4n) is 1.17. The Morgan fingerprint density at radius 1 is 1.62 bits per heavy atom. The monoisotopic (exact) mass is 201 g/mol. The van der Waals surface area contributed by atoms with Gasteiger partial charge in [-0.3, -0.25) is 0 Å². The van der Waals surface area contributed by atoms with Gasteiger partial charge in [-0.15, -0.1) is 11.3 Å². The van der Waals surface area contributed by atoms with E-state index in [9.17, 15) is 0 Å². The number of hydrogen-bond donors (Lipinski definition) is 1. The van der Waals surface area contributed by atoms with E-state index in [1.54, 1.807) is 6.20 Å². The third-order valence-corrected chi connectivity index (χ3v) is 2.89. The van der Waals surface area contributed by atoms with Crippen LogP contribution in [-0.4, -0.2) is 29.9 Å². The summed E-state index contributed by atoms with van der Waals surface area (Å²) in [4.78, 5) is 5.03. The molecule has 5 heteroatoms. The van der Waals surface area contributed by atoms with Crippen molar-refractivity contribution >= 4 is 11.3 Å². The number of aromatic nitrogens is 1. The number of aliphatic hydroxyl groups is 1. The van der Waals surface area contributed by atoms with Gasteiger partial charge >= 0.3 is 0 Å². The first kappa shape index (κ1) is 9.08. The van der Waals surface area contributed by atoms with E-state index in [0.29, 0.717) is 19.8 Å². The predicted octanol–water partition coefficient (Wildman–Crippen LogP) is 0.723. The van der Waals surface area contributed by atoms with Crippen LogP contribution >= 0.6 is 11.3 Å². The molecule has 1 saturated heterocycles. The summed E-state index contributed by atoms with van der Waals surface area (Å²) in [5, 5.41) is 9.74. The van der Waals surface area contributed by atoms with E-state index in [0.717, 1.165) is 9.88 Å². The smallest absolute Gasteiger partial charge is 0.132 e. The maximum atomic E-state index is 8.85. The highest BCUT2D eigenvalue weighted by atomic mass is 32.1. The SMILES string of the molecule is OCc1cnc(C2COCCO2)s1. The minimum atomic E-state index is -0.0425. The molecule has 0 aliphatic carbocycles. The second-order valence-corrected chi connectivity index (χ2v) is 3.90. The van der Waals surface area contributed by atoms with Crippen LogP contribution in [0.5, 0.6) is 0 Å². The molecule has 2 rings (SSSR count). The van der Waals surface area contributed by atoms with Gasteiger partial charge in [-0.1, -0.05) is 0 Å². The van der Waals surface area contributed by atoms with Crippen molar-refractivity contribution in [3.63, 3.8) is 0 Å². The Morgan fingerprint density at radius 3 is 3.15 bits per heavy atom. The normalized spacial score (nSPS) is 23.3. The molecule has 0 radical (unpaired) electrons. The van der Waals surface area contributed by atoms with Crippen molar-refractivity contribution in [2.45, 2.75) is 12.7 Å². The summed E-state index contributed by atoms with van der Waals surface area (Å²) in [6, 6.07) is 0. The molecular formula is C8H11NO3S. The number of ether oxygens (including phenoxy) is 2. The molecular weight excluding hydrogens is 190 g/mol. The van der Waals surface area contributed by atoms with Crippen LogP contribution in [0.15, 0.2) is 6.20 Å². The molecule has 1 aromatic rings. The highest BCUT2D eigenvalue weighted by Crippen LogP contribution is 2.25. The van der Waals surface area contributed by atoms with E-state index in [1.165, 1.54) is 11.3 Å². The lowest BCUT2D eigenvalue weighted by Crippen LogP contribution is -2.21. The van der Waals surface area contributed by atoms with Gasteiger partial charge in [-0.2, -0.15) is 0 Å². The Balaban J connectivity index is 2.05. The fraction of sp³-hybridized carbons (Fsp3) is 0.625. The molecule has 1 unspecified atom stereocenters. The summed E-state index contributed by atoms with van der Waals surface area (Å²) in [7, 11) is 0. The van der Waals surface area contributed by atoms with E-state index in [4.69, 9.17) is 14.6 Å². The molecule has 1 N–H and O–H groups in total. The van der Waals surface area contributed by atoms with Crippen molar-refractivity contribution in [1.82, 2.24) is 4.98 Å². The first-order chi connectivity index (χ1) is 6.40. The Kier molecular flexibility index (Phi) is 2.90. The molecule has 4 nitrogen and oxygen atoms in total. The molecule has 0 amide bonds. The van der Waals surface area contributed by atoms with Crippen molar-refractivity contribution in [2.75, 3.05) is 19.8 Å². The predicted molar refractivity (Wildman–Crippen MR) is 47.5 cm³/mol. The number of hydrogen-bond acceptors (Lipinski definition) is 5. The first-order valence-electron chi connectivity index (χ1n) is 4.15. The van der Waals surface area contributed by atoms with Crippen LogP contribution in [0.1, 0.15) is 16.0 Å². The first-order valence-corrected chi connectivity index (χ1v) is 4.96. The van der Waals surface area contributed by atoms with Crippen LogP contribution in [0, 0.1) is 0 Å². The van der Waals surface area contributed by atoms with Crippen LogP contribution in [0.25, 0.3) is 0 Å². The molecule has 0 aromatic carbocycles. The molecule has 1 fully saturated rings. The van der Waals surface area contributed by atoms with Gasteiger partial charge in [0.1, 0.15) is 11.1 Å². The van der Waals surface area contributed by atoms with Gasteiger partial charge in [0.15, 0.2) is 0 Å². The van der Waals surface area contributed by atoms with E-state index in [1.807, 2.05) is 0 Å². The van der Waals surface area contributed by atoms with Crippen LogP contribution in [0.2, 0.25) is 0 Å². The maximum Gasteiger partial charge on any atom is 0.132 e. The second-order valence-electron chi connectivity index (χ2n) is 2.76. The highest BCUT2D eigenvalue weighted by molar-refractivity contribution is 7.11. The zero-order valence-electron chi connectivity index (χ0n) is 7.10. The molecule has 1 atom stereocenters. The molecule has 2 heterocycles. The molecule has 1 aliphatic heterocycles. The summed E-state index contributed by atoms with van der Waals surface area (Å²) < 4.78 is 10.7. The Bertz CT molecular complexity index is 270. The van der Waals surface area contributed by atoms with Crippen molar-refractivity contribution in [1.29, 1.82) is 0 Å².